The summed E-state index contributed by atoms with van der Waals surface area (Å²) in [5.41, 5.74) is -0.778. The molecule has 1 aromatic carbocycles. The minimum absolute atomic E-state index is 0.0110. The Morgan fingerprint density at radius 2 is 2.00 bits per heavy atom. The van der Waals surface area contributed by atoms with Crippen LogP contribution in [0.15, 0.2) is 18.2 Å². The number of ketones is 1. The Bertz CT molecular complexity index is 417. The molecule has 0 bridgehead atoms. The Morgan fingerprint density at radius 3 is 2.44 bits per heavy atom. The van der Waals surface area contributed by atoms with Crippen molar-refractivity contribution in [3.8, 4) is 0 Å². The molecule has 0 heterocycles. The number of halogens is 5. The third kappa shape index (κ3) is 2.97. The summed E-state index contributed by atoms with van der Waals surface area (Å²) in [6.45, 7) is 1.25. The summed E-state index contributed by atoms with van der Waals surface area (Å²) in [6, 6.07) is 3.85. The molecule has 1 aromatic rings. The maximum Gasteiger partial charge on any atom is 0.416 e. The first-order chi connectivity index (χ1) is 7.25. The molecule has 0 aliphatic heterocycles. The number of benzene rings is 1. The normalized spacial score (nSPS) is 13.6. The molecule has 0 spiro atoms. The number of carbonyl (C=O) groups is 1. The predicted molar refractivity (Wildman–Crippen MR) is 66.5 cm³/mol. The number of hydrogen-bond acceptors (Lipinski definition) is 1. The molecule has 0 saturated heterocycles. The molecule has 6 heteroatoms. The van der Waals surface area contributed by atoms with E-state index in [0.717, 1.165) is 6.07 Å². The van der Waals surface area contributed by atoms with Gasteiger partial charge < -0.3 is 0 Å². The van der Waals surface area contributed by atoms with E-state index in [4.69, 9.17) is 0 Å². The monoisotopic (exact) mass is 406 g/mol. The van der Waals surface area contributed by atoms with Crippen LogP contribution in [0.5, 0.6) is 0 Å². The zero-order valence-corrected chi connectivity index (χ0v) is 11.9. The highest BCUT2D eigenvalue weighted by atomic mass is 127. The summed E-state index contributed by atoms with van der Waals surface area (Å²) in [5.74, 6) is -0.352. The highest BCUT2D eigenvalue weighted by molar-refractivity contribution is 14.1. The average molecular weight is 407 g/mol. The zero-order valence-electron chi connectivity index (χ0n) is 8.11. The summed E-state index contributed by atoms with van der Waals surface area (Å²) in [6.07, 6.45) is -4.45. The van der Waals surface area contributed by atoms with Crippen LogP contribution in [0.2, 0.25) is 0 Å². The lowest BCUT2D eigenvalue weighted by atomic mass is 10.0. The van der Waals surface area contributed by atoms with Crippen molar-refractivity contribution in [3.63, 3.8) is 0 Å². The topological polar surface area (TPSA) is 17.1 Å². The molecule has 1 rings (SSSR count). The fourth-order valence-electron chi connectivity index (χ4n) is 1.25. The first kappa shape index (κ1) is 14.0. The van der Waals surface area contributed by atoms with Crippen LogP contribution in [-0.4, -0.2) is 5.78 Å². The Morgan fingerprint density at radius 1 is 1.44 bits per heavy atom. The molecule has 0 radical (unpaired) electrons. The number of alkyl halides is 4. The van der Waals surface area contributed by atoms with Gasteiger partial charge in [0, 0.05) is 3.57 Å². The minimum Gasteiger partial charge on any atom is -0.298 e. The number of carbonyl (C=O) groups excluding carboxylic acids is 1. The standard InChI is InChI=1S/C10H7BrF3IO/c1-5(16)9(11)8-6(10(12,13)14)3-2-4-7(8)15/h2-4,9H,1H3. The van der Waals surface area contributed by atoms with Crippen LogP contribution in [-0.2, 0) is 11.0 Å². The Kier molecular flexibility index (Phi) is 4.39. The first-order valence-corrected chi connectivity index (χ1v) is 6.24. The lowest BCUT2D eigenvalue weighted by Gasteiger charge is -2.17. The van der Waals surface area contributed by atoms with Gasteiger partial charge in [0.1, 0.15) is 5.78 Å². The third-order valence-corrected chi connectivity index (χ3v) is 4.01. The summed E-state index contributed by atoms with van der Waals surface area (Å²) < 4.78 is 38.6. The van der Waals surface area contributed by atoms with Crippen LogP contribution in [0.4, 0.5) is 13.2 Å². The second-order valence-electron chi connectivity index (χ2n) is 3.17. The van der Waals surface area contributed by atoms with Crippen LogP contribution >= 0.6 is 38.5 Å². The smallest absolute Gasteiger partial charge is 0.298 e. The minimum atomic E-state index is -4.45. The van der Waals surface area contributed by atoms with E-state index in [2.05, 4.69) is 15.9 Å². The van der Waals surface area contributed by atoms with Gasteiger partial charge in [-0.25, -0.2) is 0 Å². The van der Waals surface area contributed by atoms with E-state index in [1.165, 1.54) is 13.0 Å². The van der Waals surface area contributed by atoms with E-state index in [0.29, 0.717) is 3.57 Å². The van der Waals surface area contributed by atoms with Crippen molar-refractivity contribution in [1.82, 2.24) is 0 Å². The fourth-order valence-corrected chi connectivity index (χ4v) is 2.98. The zero-order chi connectivity index (χ0) is 12.5. The SMILES string of the molecule is CC(=O)C(Br)c1c(I)cccc1C(F)(F)F. The Balaban J connectivity index is 3.41. The van der Waals surface area contributed by atoms with Crippen molar-refractivity contribution in [2.24, 2.45) is 0 Å². The number of rotatable bonds is 2. The molecule has 0 aromatic heterocycles. The van der Waals surface area contributed by atoms with E-state index >= 15 is 0 Å². The molecule has 0 fully saturated rings. The summed E-state index contributed by atoms with van der Waals surface area (Å²) in [5, 5.41) is 0. The molecule has 88 valence electrons. The molecule has 1 nitrogen and oxygen atoms in total. The van der Waals surface area contributed by atoms with Crippen molar-refractivity contribution >= 4 is 44.3 Å². The van der Waals surface area contributed by atoms with Crippen molar-refractivity contribution in [3.05, 3.63) is 32.9 Å². The molecule has 0 aliphatic carbocycles. The summed E-state index contributed by atoms with van der Waals surface area (Å²) in [7, 11) is 0. The molecule has 16 heavy (non-hydrogen) atoms. The van der Waals surface area contributed by atoms with Crippen LogP contribution in [0, 0.1) is 3.57 Å². The quantitative estimate of drug-likeness (QED) is 0.527. The third-order valence-electron chi connectivity index (χ3n) is 1.97. The molecule has 1 atom stereocenters. The van der Waals surface area contributed by atoms with Crippen LogP contribution in [0.1, 0.15) is 22.9 Å². The van der Waals surface area contributed by atoms with Crippen LogP contribution in [0.3, 0.4) is 0 Å². The highest BCUT2D eigenvalue weighted by Gasteiger charge is 2.36. The highest BCUT2D eigenvalue weighted by Crippen LogP contribution is 2.39. The second-order valence-corrected chi connectivity index (χ2v) is 5.25. The average Bonchev–Trinajstić information content (AvgIpc) is 2.14. The molecular weight excluding hydrogens is 400 g/mol. The molecule has 0 aliphatic rings. The largest absolute Gasteiger partial charge is 0.416 e. The van der Waals surface area contributed by atoms with Crippen molar-refractivity contribution in [1.29, 1.82) is 0 Å². The van der Waals surface area contributed by atoms with E-state index in [9.17, 15) is 18.0 Å². The molecule has 1 unspecified atom stereocenters. The molecule has 0 saturated carbocycles. The van der Waals surface area contributed by atoms with E-state index in [-0.39, 0.29) is 11.3 Å². The lowest BCUT2D eigenvalue weighted by molar-refractivity contribution is -0.138. The first-order valence-electron chi connectivity index (χ1n) is 4.25. The van der Waals surface area contributed by atoms with Gasteiger partial charge in [0.25, 0.3) is 0 Å². The summed E-state index contributed by atoms with van der Waals surface area (Å²) >= 11 is 4.78. The lowest BCUT2D eigenvalue weighted by Crippen LogP contribution is -2.14. The molecule has 0 amide bonds. The second kappa shape index (κ2) is 5.03. The van der Waals surface area contributed by atoms with Gasteiger partial charge in [-0.05, 0) is 47.2 Å². The van der Waals surface area contributed by atoms with Gasteiger partial charge in [0.05, 0.1) is 10.4 Å². The Labute approximate surface area is 113 Å². The van der Waals surface area contributed by atoms with Crippen molar-refractivity contribution < 1.29 is 18.0 Å². The van der Waals surface area contributed by atoms with Gasteiger partial charge in [-0.3, -0.25) is 4.79 Å². The molecule has 0 N–H and O–H groups in total. The van der Waals surface area contributed by atoms with Gasteiger partial charge in [-0.15, -0.1) is 0 Å². The molecular formula is C10H7BrF3IO. The van der Waals surface area contributed by atoms with Gasteiger partial charge in [-0.2, -0.15) is 13.2 Å². The van der Waals surface area contributed by atoms with Gasteiger partial charge in [0.2, 0.25) is 0 Å². The predicted octanol–water partition coefficient (Wildman–Crippen LogP) is 4.34. The van der Waals surface area contributed by atoms with Gasteiger partial charge >= 0.3 is 6.18 Å². The maximum absolute atomic E-state index is 12.7. The van der Waals surface area contributed by atoms with E-state index < -0.39 is 16.6 Å². The number of hydrogen-bond donors (Lipinski definition) is 0. The van der Waals surface area contributed by atoms with E-state index in [1.807, 2.05) is 0 Å². The number of Topliss-reactive ketones (excluding diaryl/α,β-unsaturated/α-hetero) is 1. The van der Waals surface area contributed by atoms with Crippen LogP contribution < -0.4 is 0 Å². The van der Waals surface area contributed by atoms with Gasteiger partial charge in [-0.1, -0.05) is 22.0 Å². The fraction of sp³-hybridized carbons (Fsp3) is 0.300. The van der Waals surface area contributed by atoms with Crippen molar-refractivity contribution in [2.45, 2.75) is 17.9 Å². The van der Waals surface area contributed by atoms with Crippen molar-refractivity contribution in [2.75, 3.05) is 0 Å². The van der Waals surface area contributed by atoms with Gasteiger partial charge in [0.15, 0.2) is 0 Å². The Hall–Kier alpha value is -0.110. The summed E-state index contributed by atoms with van der Waals surface area (Å²) in [4.78, 5) is 10.2. The van der Waals surface area contributed by atoms with E-state index in [1.54, 1.807) is 28.7 Å². The maximum atomic E-state index is 12.7. The van der Waals surface area contributed by atoms with Crippen LogP contribution in [0.25, 0.3) is 0 Å².